The molecule has 1 fully saturated rings. The number of aromatic nitrogens is 1. The van der Waals surface area contributed by atoms with Crippen molar-refractivity contribution in [1.82, 2.24) is 4.98 Å². The van der Waals surface area contributed by atoms with Crippen LogP contribution in [0.25, 0.3) is 11.1 Å². The summed E-state index contributed by atoms with van der Waals surface area (Å²) in [5.41, 5.74) is 3.56. The second-order valence-corrected chi connectivity index (χ2v) is 6.04. The number of anilines is 1. The predicted octanol–water partition coefficient (Wildman–Crippen LogP) is 4.41. The highest BCUT2D eigenvalue weighted by molar-refractivity contribution is 5.70. The number of benzene rings is 2. The van der Waals surface area contributed by atoms with Gasteiger partial charge in [-0.3, -0.25) is 4.98 Å². The van der Waals surface area contributed by atoms with Gasteiger partial charge in [0, 0.05) is 36.6 Å². The molecule has 0 radical (unpaired) electrons. The Kier molecular flexibility index (Phi) is 4.15. The lowest BCUT2D eigenvalue weighted by molar-refractivity contribution is 0.226. The minimum absolute atomic E-state index is 0.211. The Bertz CT molecular complexity index is 789. The van der Waals surface area contributed by atoms with Crippen molar-refractivity contribution in [3.05, 3.63) is 79.1 Å². The second kappa shape index (κ2) is 6.75. The number of hydrogen-bond acceptors (Lipinski definition) is 3. The molecule has 4 rings (SSSR count). The van der Waals surface area contributed by atoms with Gasteiger partial charge in [0.1, 0.15) is 11.9 Å². The molecule has 2 aromatic carbocycles. The van der Waals surface area contributed by atoms with E-state index in [4.69, 9.17) is 4.74 Å². The maximum Gasteiger partial charge on any atom is 0.127 e. The highest BCUT2D eigenvalue weighted by atomic mass is 16.5. The third kappa shape index (κ3) is 3.11. The van der Waals surface area contributed by atoms with Gasteiger partial charge >= 0.3 is 0 Å². The quantitative estimate of drug-likeness (QED) is 0.713. The van der Waals surface area contributed by atoms with Crippen LogP contribution in [0.4, 0.5) is 5.69 Å². The number of hydrogen-bond donors (Lipinski definition) is 0. The molecule has 1 aliphatic heterocycles. The summed E-state index contributed by atoms with van der Waals surface area (Å²) in [7, 11) is 0. The van der Waals surface area contributed by atoms with Gasteiger partial charge in [0.05, 0.1) is 6.54 Å². The van der Waals surface area contributed by atoms with Crippen molar-refractivity contribution < 1.29 is 4.74 Å². The Labute approximate surface area is 142 Å². The molecular formula is C21H20N2O. The summed E-state index contributed by atoms with van der Waals surface area (Å²) in [5.74, 6) is 0.963. The summed E-state index contributed by atoms with van der Waals surface area (Å²) in [6, 6.07) is 22.8. The number of pyridine rings is 1. The van der Waals surface area contributed by atoms with Gasteiger partial charge in [0.25, 0.3) is 0 Å². The van der Waals surface area contributed by atoms with E-state index in [-0.39, 0.29) is 6.10 Å². The fourth-order valence-electron chi connectivity index (χ4n) is 3.22. The molecule has 1 aromatic heterocycles. The van der Waals surface area contributed by atoms with Gasteiger partial charge < -0.3 is 9.64 Å². The monoisotopic (exact) mass is 316 g/mol. The SMILES string of the molecule is c1ccc(-c2ccccc2OC2CCN(c3ccncc3)C2)cc1. The summed E-state index contributed by atoms with van der Waals surface area (Å²) < 4.78 is 6.36. The second-order valence-electron chi connectivity index (χ2n) is 6.04. The van der Waals surface area contributed by atoms with Crippen LogP contribution in [0.2, 0.25) is 0 Å². The molecule has 0 spiro atoms. The molecule has 0 saturated carbocycles. The number of rotatable bonds is 4. The molecule has 0 N–H and O–H groups in total. The van der Waals surface area contributed by atoms with E-state index in [0.29, 0.717) is 0 Å². The number of ether oxygens (including phenoxy) is 1. The first kappa shape index (κ1) is 14.8. The predicted molar refractivity (Wildman–Crippen MR) is 97.4 cm³/mol. The van der Waals surface area contributed by atoms with Crippen LogP contribution < -0.4 is 9.64 Å². The van der Waals surface area contributed by atoms with Crippen LogP contribution in [0.1, 0.15) is 6.42 Å². The summed E-state index contributed by atoms with van der Waals surface area (Å²) >= 11 is 0. The van der Waals surface area contributed by atoms with Crippen LogP contribution in [-0.2, 0) is 0 Å². The average molecular weight is 316 g/mol. The first-order valence-corrected chi connectivity index (χ1v) is 8.36. The van der Waals surface area contributed by atoms with Gasteiger partial charge in [-0.25, -0.2) is 0 Å². The zero-order valence-corrected chi connectivity index (χ0v) is 13.5. The number of para-hydroxylation sites is 1. The van der Waals surface area contributed by atoms with E-state index in [1.165, 1.54) is 11.3 Å². The lowest BCUT2D eigenvalue weighted by Crippen LogP contribution is -2.24. The van der Waals surface area contributed by atoms with Crippen LogP contribution in [0.15, 0.2) is 79.1 Å². The first-order valence-electron chi connectivity index (χ1n) is 8.36. The Hall–Kier alpha value is -2.81. The molecule has 0 aliphatic carbocycles. The molecule has 2 heterocycles. The summed E-state index contributed by atoms with van der Waals surface area (Å²) in [6.45, 7) is 1.93. The maximum absolute atomic E-state index is 6.36. The molecule has 1 unspecified atom stereocenters. The van der Waals surface area contributed by atoms with E-state index in [1.54, 1.807) is 0 Å². The molecule has 120 valence electrons. The average Bonchev–Trinajstić information content (AvgIpc) is 3.12. The topological polar surface area (TPSA) is 25.4 Å². The van der Waals surface area contributed by atoms with Gasteiger partial charge in [0.2, 0.25) is 0 Å². The van der Waals surface area contributed by atoms with E-state index < -0.39 is 0 Å². The van der Waals surface area contributed by atoms with Crippen LogP contribution in [0, 0.1) is 0 Å². The normalized spacial score (nSPS) is 17.0. The van der Waals surface area contributed by atoms with Crippen LogP contribution in [0.5, 0.6) is 5.75 Å². The van der Waals surface area contributed by atoms with E-state index in [0.717, 1.165) is 30.8 Å². The highest BCUT2D eigenvalue weighted by Gasteiger charge is 2.24. The lowest BCUT2D eigenvalue weighted by Gasteiger charge is -2.20. The van der Waals surface area contributed by atoms with Gasteiger partial charge in [-0.15, -0.1) is 0 Å². The van der Waals surface area contributed by atoms with Gasteiger partial charge in [-0.1, -0.05) is 48.5 Å². The molecule has 3 nitrogen and oxygen atoms in total. The van der Waals surface area contributed by atoms with Crippen molar-refractivity contribution in [2.45, 2.75) is 12.5 Å². The third-order valence-corrected chi connectivity index (χ3v) is 4.44. The molecule has 3 heteroatoms. The Morgan fingerprint density at radius 1 is 0.875 bits per heavy atom. The molecule has 24 heavy (non-hydrogen) atoms. The van der Waals surface area contributed by atoms with Crippen molar-refractivity contribution in [2.24, 2.45) is 0 Å². The van der Waals surface area contributed by atoms with Gasteiger partial charge in [-0.05, 0) is 23.8 Å². The van der Waals surface area contributed by atoms with Gasteiger partial charge in [0.15, 0.2) is 0 Å². The molecule has 1 aliphatic rings. The first-order chi connectivity index (χ1) is 11.9. The Balaban J connectivity index is 1.51. The van der Waals surface area contributed by atoms with Crippen LogP contribution >= 0.6 is 0 Å². The molecule has 0 bridgehead atoms. The van der Waals surface area contributed by atoms with Crippen LogP contribution in [0.3, 0.4) is 0 Å². The van der Waals surface area contributed by atoms with E-state index in [1.807, 2.05) is 24.5 Å². The zero-order chi connectivity index (χ0) is 16.2. The summed E-state index contributed by atoms with van der Waals surface area (Å²) in [6.07, 6.45) is 4.93. The molecule has 0 amide bonds. The minimum Gasteiger partial charge on any atom is -0.488 e. The summed E-state index contributed by atoms with van der Waals surface area (Å²) in [4.78, 5) is 6.45. The van der Waals surface area contributed by atoms with Crippen molar-refractivity contribution in [3.8, 4) is 16.9 Å². The van der Waals surface area contributed by atoms with E-state index in [2.05, 4.69) is 64.5 Å². The zero-order valence-electron chi connectivity index (χ0n) is 13.5. The molecule has 1 saturated heterocycles. The van der Waals surface area contributed by atoms with Crippen molar-refractivity contribution in [3.63, 3.8) is 0 Å². The van der Waals surface area contributed by atoms with E-state index >= 15 is 0 Å². The van der Waals surface area contributed by atoms with E-state index in [9.17, 15) is 0 Å². The third-order valence-electron chi connectivity index (χ3n) is 4.44. The number of nitrogens with zero attached hydrogens (tertiary/aromatic N) is 2. The van der Waals surface area contributed by atoms with Crippen molar-refractivity contribution >= 4 is 5.69 Å². The fourth-order valence-corrected chi connectivity index (χ4v) is 3.22. The standard InChI is InChI=1S/C21H20N2O/c1-2-6-17(7-3-1)20-8-4-5-9-21(20)24-19-12-15-23(16-19)18-10-13-22-14-11-18/h1-11,13-14,19H,12,15-16H2. The van der Waals surface area contributed by atoms with Gasteiger partial charge in [-0.2, -0.15) is 0 Å². The molecule has 1 atom stereocenters. The lowest BCUT2D eigenvalue weighted by atomic mass is 10.0. The van der Waals surface area contributed by atoms with Crippen molar-refractivity contribution in [2.75, 3.05) is 18.0 Å². The van der Waals surface area contributed by atoms with Crippen molar-refractivity contribution in [1.29, 1.82) is 0 Å². The van der Waals surface area contributed by atoms with Crippen LogP contribution in [-0.4, -0.2) is 24.2 Å². The largest absolute Gasteiger partial charge is 0.488 e. The highest BCUT2D eigenvalue weighted by Crippen LogP contribution is 2.32. The maximum atomic E-state index is 6.36. The molecular weight excluding hydrogens is 296 g/mol. The molecule has 3 aromatic rings. The fraction of sp³-hybridized carbons (Fsp3) is 0.190. The smallest absolute Gasteiger partial charge is 0.127 e. The summed E-state index contributed by atoms with van der Waals surface area (Å²) in [5, 5.41) is 0. The minimum atomic E-state index is 0.211. The Morgan fingerprint density at radius 2 is 1.62 bits per heavy atom. The Morgan fingerprint density at radius 3 is 2.46 bits per heavy atom.